The molecule has 0 unspecified atom stereocenters. The fourth-order valence-corrected chi connectivity index (χ4v) is 0.701. The lowest BCUT2D eigenvalue weighted by Crippen LogP contribution is -2.61. The lowest BCUT2D eigenvalue weighted by Gasteiger charge is -2.04. The van der Waals surface area contributed by atoms with E-state index in [9.17, 15) is 40.5 Å². The van der Waals surface area contributed by atoms with Gasteiger partial charge in [0.1, 0.15) is 0 Å². The van der Waals surface area contributed by atoms with Crippen LogP contribution in [0.1, 0.15) is 0 Å². The average Bonchev–Trinajstić information content (AvgIpc) is 2.10. The van der Waals surface area contributed by atoms with E-state index >= 15 is 0 Å². The van der Waals surface area contributed by atoms with Crippen molar-refractivity contribution in [2.24, 2.45) is 10.9 Å². The summed E-state index contributed by atoms with van der Waals surface area (Å²) in [7, 11) is 0. The van der Waals surface area contributed by atoms with Gasteiger partial charge in [0, 0.05) is 0 Å². The molecule has 0 aliphatic heterocycles. The van der Waals surface area contributed by atoms with Crippen LogP contribution in [0.5, 0.6) is 0 Å². The molecule has 0 saturated heterocycles. The largest absolute Gasteiger partial charge is 0.813 e. The van der Waals surface area contributed by atoms with Crippen molar-refractivity contribution >= 4 is 5.84 Å². The van der Waals surface area contributed by atoms with E-state index in [-0.39, 0.29) is 0 Å². The summed E-state index contributed by atoms with van der Waals surface area (Å²) in [4.78, 5) is 33.1. The summed E-state index contributed by atoms with van der Waals surface area (Å²) >= 11 is 0. The molecule has 0 heterocycles. The molecule has 0 rings (SSSR count). The molecular formula is C2H2N6O8. The monoisotopic (exact) mass is 238 g/mol. The van der Waals surface area contributed by atoms with Crippen molar-refractivity contribution in [2.75, 3.05) is 0 Å². The summed E-state index contributed by atoms with van der Waals surface area (Å²) < 4.78 is 0. The van der Waals surface area contributed by atoms with E-state index in [2.05, 4.69) is 10.9 Å². The zero-order chi connectivity index (χ0) is 13.1. The van der Waals surface area contributed by atoms with Crippen molar-refractivity contribution in [3.63, 3.8) is 0 Å². The quantitative estimate of drug-likeness (QED) is 0.143. The van der Waals surface area contributed by atoms with Crippen molar-refractivity contribution in [3.8, 4) is 0 Å². The molecule has 16 heavy (non-hydrogen) atoms. The normalized spacial score (nSPS) is 11.9. The van der Waals surface area contributed by atoms with Crippen LogP contribution in [0.15, 0.2) is 5.10 Å². The highest BCUT2D eigenvalue weighted by Gasteiger charge is 2.84. The van der Waals surface area contributed by atoms with Gasteiger partial charge in [-0.1, -0.05) is 0 Å². The second-order valence-corrected chi connectivity index (χ2v) is 2.12. The molecule has 0 amide bonds. The Balaban J connectivity index is 6.12. The molecule has 0 bridgehead atoms. The second kappa shape index (κ2) is 4.07. The fraction of sp³-hybridized carbons (Fsp3) is 0.500. The minimum atomic E-state index is -4.42. The molecule has 2 N–H and O–H groups in total. The number of rotatable bonds is 4. The van der Waals surface area contributed by atoms with Gasteiger partial charge in [-0.3, -0.25) is 30.3 Å². The van der Waals surface area contributed by atoms with E-state index in [1.807, 2.05) is 0 Å². The fourth-order valence-electron chi connectivity index (χ4n) is 0.701. The van der Waals surface area contributed by atoms with E-state index < -0.39 is 31.3 Å². The van der Waals surface area contributed by atoms with Gasteiger partial charge in [-0.2, -0.15) is 0 Å². The number of nitrogens with two attached hydrogens (primary N) is 1. The van der Waals surface area contributed by atoms with Crippen molar-refractivity contribution in [3.05, 3.63) is 40.5 Å². The Morgan fingerprint density at radius 3 is 1.31 bits per heavy atom. The summed E-state index contributed by atoms with van der Waals surface area (Å²) in [6.07, 6.45) is 0. The maximum absolute atomic E-state index is 10.3. The van der Waals surface area contributed by atoms with Gasteiger partial charge in [0.15, 0.2) is 14.8 Å². The summed E-state index contributed by atoms with van der Waals surface area (Å²) in [5, 5.41) is 43.2. The number of hydrogen-bond acceptors (Lipinski definition) is 10. The van der Waals surface area contributed by atoms with Gasteiger partial charge < -0.3 is 10.1 Å². The maximum atomic E-state index is 10.3. The minimum Gasteiger partial charge on any atom is -0.357 e. The van der Waals surface area contributed by atoms with Gasteiger partial charge in [-0.15, -0.1) is 0 Å². The number of hydrazone groups is 1. The van der Waals surface area contributed by atoms with Crippen LogP contribution < -0.4 is 5.84 Å². The molecule has 0 aromatic heterocycles. The van der Waals surface area contributed by atoms with Gasteiger partial charge in [-0.25, -0.2) is 5.84 Å². The summed E-state index contributed by atoms with van der Waals surface area (Å²) in [5.74, 6) is -2.31. The Morgan fingerprint density at radius 2 is 1.25 bits per heavy atom. The Hall–Kier alpha value is -2.93. The summed E-state index contributed by atoms with van der Waals surface area (Å²) in [5.41, 5.74) is 0. The van der Waals surface area contributed by atoms with E-state index in [1.165, 1.54) is 0 Å². The Kier molecular flexibility index (Phi) is 3.32. The summed E-state index contributed by atoms with van der Waals surface area (Å²) in [6, 6.07) is 0. The van der Waals surface area contributed by atoms with Crippen molar-refractivity contribution in [1.29, 1.82) is 0 Å². The van der Waals surface area contributed by atoms with E-state index in [4.69, 9.17) is 0 Å². The third-order valence-electron chi connectivity index (χ3n) is 1.36. The first kappa shape index (κ1) is 13.1. The molecule has 14 nitrogen and oxygen atoms in total. The predicted molar refractivity (Wildman–Crippen MR) is 42.3 cm³/mol. The Morgan fingerprint density at radius 1 is 0.938 bits per heavy atom. The first-order valence-electron chi connectivity index (χ1n) is 3.09. The van der Waals surface area contributed by atoms with E-state index in [1.54, 1.807) is 0 Å². The van der Waals surface area contributed by atoms with Crippen LogP contribution in [0.3, 0.4) is 0 Å². The third kappa shape index (κ3) is 1.53. The van der Waals surface area contributed by atoms with Gasteiger partial charge in [0.25, 0.3) is 0 Å². The van der Waals surface area contributed by atoms with Crippen LogP contribution in [0, 0.1) is 40.5 Å². The number of amidine groups is 1. The highest BCUT2D eigenvalue weighted by atomic mass is 16.7. The molecule has 0 spiro atoms. The first-order chi connectivity index (χ1) is 7.22. The van der Waals surface area contributed by atoms with Crippen LogP contribution >= 0.6 is 0 Å². The number of nitrogens with zero attached hydrogens (tertiary/aromatic N) is 5. The second-order valence-electron chi connectivity index (χ2n) is 2.12. The van der Waals surface area contributed by atoms with E-state index in [0.717, 1.165) is 0 Å². The Bertz CT molecular complexity index is 361. The van der Waals surface area contributed by atoms with Gasteiger partial charge in [0.2, 0.25) is 0 Å². The molecule has 0 radical (unpaired) electrons. The number of nitro groups is 4. The van der Waals surface area contributed by atoms with Crippen LogP contribution in [0.25, 0.3) is 0 Å². The molecule has 0 aromatic rings. The van der Waals surface area contributed by atoms with Gasteiger partial charge in [-0.05, 0) is 4.92 Å². The smallest absolute Gasteiger partial charge is 0.357 e. The van der Waals surface area contributed by atoms with Crippen LogP contribution in [0.4, 0.5) is 0 Å². The lowest BCUT2D eigenvalue weighted by atomic mass is 10.3. The Labute approximate surface area is 83.9 Å². The number of hydrogen-bond donors (Lipinski definition) is 1. The molecule has 0 atom stereocenters. The molecule has 88 valence electrons. The standard InChI is InChI=1S/C2H2N6O8/c3-4-1(5(9)10)2(6(11)12,7(13)14)8(15)16/h3H2. The van der Waals surface area contributed by atoms with Crippen molar-refractivity contribution in [2.45, 2.75) is 5.79 Å². The minimum absolute atomic E-state index is 1.77. The zero-order valence-electron chi connectivity index (χ0n) is 7.08. The van der Waals surface area contributed by atoms with Crippen LogP contribution in [-0.4, -0.2) is 31.3 Å². The van der Waals surface area contributed by atoms with Gasteiger partial charge >= 0.3 is 11.6 Å². The molecule has 0 aliphatic rings. The lowest BCUT2D eigenvalue weighted by molar-refractivity contribution is -0.951. The highest BCUT2D eigenvalue weighted by Crippen LogP contribution is 2.15. The zero-order valence-corrected chi connectivity index (χ0v) is 7.08. The molecule has 14 heteroatoms. The van der Waals surface area contributed by atoms with Crippen molar-refractivity contribution in [1.82, 2.24) is 0 Å². The van der Waals surface area contributed by atoms with E-state index in [0.29, 0.717) is 0 Å². The maximum Gasteiger partial charge on any atom is 0.813 e. The molecule has 0 fully saturated rings. The molecule has 0 saturated carbocycles. The average molecular weight is 238 g/mol. The SMILES string of the molecule is NN=C([N+](=O)[O-])C([N+](=O)[O-])([N+](=O)[O-])[N+](=O)[O-]. The topological polar surface area (TPSA) is 211 Å². The van der Waals surface area contributed by atoms with Crippen molar-refractivity contribution < 1.29 is 19.7 Å². The highest BCUT2D eigenvalue weighted by molar-refractivity contribution is 5.79. The summed E-state index contributed by atoms with van der Waals surface area (Å²) in [6.45, 7) is 0. The van der Waals surface area contributed by atoms with Crippen LogP contribution in [0.2, 0.25) is 0 Å². The van der Waals surface area contributed by atoms with Gasteiger partial charge in [0.05, 0.1) is 5.10 Å². The third-order valence-corrected chi connectivity index (χ3v) is 1.36. The molecule has 0 aromatic carbocycles. The predicted octanol–water partition coefficient (Wildman–Crippen LogP) is -1.98. The molecule has 0 aliphatic carbocycles. The molecular weight excluding hydrogens is 236 g/mol. The first-order valence-corrected chi connectivity index (χ1v) is 3.09. The van der Waals surface area contributed by atoms with Crippen LogP contribution in [-0.2, 0) is 0 Å².